The van der Waals surface area contributed by atoms with Crippen LogP contribution in [0.25, 0.3) is 0 Å². The number of nitrogens with two attached hydrogens (primary N) is 1. The predicted octanol–water partition coefficient (Wildman–Crippen LogP) is 2.68. The molecule has 3 heterocycles. The van der Waals surface area contributed by atoms with Gasteiger partial charge in [-0.15, -0.1) is 0 Å². The van der Waals surface area contributed by atoms with E-state index in [1.165, 1.54) is 21.4 Å². The number of rotatable bonds is 6. The van der Waals surface area contributed by atoms with Gasteiger partial charge in [0.1, 0.15) is 22.5 Å². The minimum atomic E-state index is -1.88. The fourth-order valence-corrected chi connectivity index (χ4v) is 8.76. The van der Waals surface area contributed by atoms with Crippen molar-refractivity contribution in [3.63, 3.8) is 0 Å². The normalized spacial score (nSPS) is 29.0. The number of nitrogens with zero attached hydrogens (tertiary/aromatic N) is 5. The van der Waals surface area contributed by atoms with E-state index in [9.17, 15) is 29.1 Å². The number of likely N-dealkylation sites (N-methyl/N-ethyl adjacent to an activating group) is 1. The van der Waals surface area contributed by atoms with Crippen LogP contribution in [-0.4, -0.2) is 96.3 Å². The summed E-state index contributed by atoms with van der Waals surface area (Å²) < 4.78 is 23.5. The number of halogens is 1. The number of aromatic hydroxyl groups is 1. The molecule has 5 aliphatic rings. The van der Waals surface area contributed by atoms with Gasteiger partial charge in [-0.25, -0.2) is 18.8 Å². The maximum atomic E-state index is 15.9. The number of carbonyl (C=O) groups excluding carboxylic acids is 3. The number of amidine groups is 1. The number of nitrogen functional groups attached to an aromatic ring is 1. The average Bonchev–Trinajstić information content (AvgIpc) is 3.52. The van der Waals surface area contributed by atoms with Gasteiger partial charge in [-0.1, -0.05) is 12.8 Å². The van der Waals surface area contributed by atoms with Crippen molar-refractivity contribution in [1.29, 1.82) is 5.41 Å². The topological polar surface area (TPSA) is 184 Å². The number of carbonyl (C=O) groups is 3. The van der Waals surface area contributed by atoms with Crippen LogP contribution in [-0.2, 0) is 16.1 Å². The number of alkyl halides is 1. The molecule has 6 rings (SSSR count). The van der Waals surface area contributed by atoms with Crippen LogP contribution in [0.4, 0.5) is 14.0 Å². The molecule has 258 valence electrons. The second kappa shape index (κ2) is 11.1. The first kappa shape index (κ1) is 33.0. The van der Waals surface area contributed by atoms with Crippen LogP contribution in [0, 0.1) is 16.7 Å². The number of aromatic nitrogens is 2. The van der Waals surface area contributed by atoms with Crippen LogP contribution in [0.15, 0.2) is 9.59 Å². The monoisotopic (exact) mass is 659 g/mol. The number of nitrogens with one attached hydrogen (secondary N) is 1. The minimum absolute atomic E-state index is 0.182. The van der Waals surface area contributed by atoms with Crippen molar-refractivity contribution in [3.05, 3.63) is 26.4 Å². The number of likely N-dealkylation sites (tertiary alicyclic amines) is 1. The largest absolute Gasteiger partial charge is 0.494 e. The third-order valence-corrected chi connectivity index (χ3v) is 11.0. The Labute approximate surface area is 272 Å². The highest BCUT2D eigenvalue weighted by atomic mass is 19.1. The van der Waals surface area contributed by atoms with E-state index < -0.39 is 57.9 Å². The molecule has 0 bridgehead atoms. The summed E-state index contributed by atoms with van der Waals surface area (Å²) in [5, 5.41) is 18.8. The first-order chi connectivity index (χ1) is 21.9. The molecule has 47 heavy (non-hydrogen) atoms. The van der Waals surface area contributed by atoms with E-state index in [0.717, 1.165) is 35.2 Å². The van der Waals surface area contributed by atoms with Gasteiger partial charge in [-0.3, -0.25) is 29.0 Å². The third-order valence-electron chi connectivity index (χ3n) is 11.0. The lowest BCUT2D eigenvalue weighted by atomic mass is 9.51. The first-order valence-corrected chi connectivity index (χ1v) is 16.6. The van der Waals surface area contributed by atoms with Crippen LogP contribution in [0.2, 0.25) is 0 Å². The Morgan fingerprint density at radius 2 is 1.66 bits per heavy atom. The summed E-state index contributed by atoms with van der Waals surface area (Å²) in [6, 6.07) is -1.06. The molecule has 0 atom stereocenters. The van der Waals surface area contributed by atoms with Crippen molar-refractivity contribution >= 4 is 23.9 Å². The maximum absolute atomic E-state index is 15.9. The summed E-state index contributed by atoms with van der Waals surface area (Å²) in [6.07, 6.45) is 5.93. The van der Waals surface area contributed by atoms with Crippen LogP contribution >= 0.6 is 0 Å². The smallest absolute Gasteiger partial charge is 0.410 e. The number of amides is 4. The van der Waals surface area contributed by atoms with Crippen molar-refractivity contribution in [2.45, 2.75) is 114 Å². The van der Waals surface area contributed by atoms with Gasteiger partial charge in [0.15, 0.2) is 5.67 Å². The van der Waals surface area contributed by atoms with Crippen molar-refractivity contribution in [2.75, 3.05) is 26.7 Å². The Balaban J connectivity index is 1.17. The molecule has 4 amide bonds. The average molecular weight is 660 g/mol. The zero-order valence-electron chi connectivity index (χ0n) is 27.6. The Morgan fingerprint density at radius 3 is 2.21 bits per heavy atom. The van der Waals surface area contributed by atoms with Gasteiger partial charge in [0.25, 0.3) is 11.5 Å². The van der Waals surface area contributed by atoms with Crippen LogP contribution in [0.5, 0.6) is 5.88 Å². The fraction of sp³-hybridized carbons (Fsp3) is 0.750. The Morgan fingerprint density at radius 1 is 1.06 bits per heavy atom. The molecular weight excluding hydrogens is 613 g/mol. The van der Waals surface area contributed by atoms with E-state index in [1.54, 1.807) is 20.8 Å². The van der Waals surface area contributed by atoms with Crippen LogP contribution < -0.4 is 17.0 Å². The zero-order valence-corrected chi connectivity index (χ0v) is 27.6. The van der Waals surface area contributed by atoms with E-state index in [1.807, 2.05) is 0 Å². The van der Waals surface area contributed by atoms with Crippen molar-refractivity contribution < 1.29 is 28.6 Å². The van der Waals surface area contributed by atoms with Gasteiger partial charge in [0.2, 0.25) is 5.88 Å². The van der Waals surface area contributed by atoms with E-state index in [2.05, 4.69) is 0 Å². The number of urea groups is 1. The summed E-state index contributed by atoms with van der Waals surface area (Å²) in [6.45, 7) is 4.61. The molecule has 0 unspecified atom stereocenters. The lowest BCUT2D eigenvalue weighted by Crippen LogP contribution is -2.70. The predicted molar refractivity (Wildman–Crippen MR) is 168 cm³/mol. The van der Waals surface area contributed by atoms with Gasteiger partial charge >= 0.3 is 17.8 Å². The second-order valence-corrected chi connectivity index (χ2v) is 15.7. The molecule has 3 aliphatic carbocycles. The van der Waals surface area contributed by atoms with Crippen molar-refractivity contribution in [2.24, 2.45) is 17.1 Å². The second-order valence-electron chi connectivity index (χ2n) is 15.7. The van der Waals surface area contributed by atoms with Crippen LogP contribution in [0.3, 0.4) is 0 Å². The maximum Gasteiger partial charge on any atom is 0.410 e. The molecule has 2 aliphatic heterocycles. The van der Waals surface area contributed by atoms with E-state index in [-0.39, 0.29) is 49.0 Å². The Kier molecular flexibility index (Phi) is 7.78. The van der Waals surface area contributed by atoms with E-state index in [0.29, 0.717) is 38.5 Å². The Bertz CT molecular complexity index is 1620. The van der Waals surface area contributed by atoms with Gasteiger partial charge in [0, 0.05) is 19.6 Å². The Hall–Kier alpha value is -3.91. The molecule has 0 aromatic carbocycles. The summed E-state index contributed by atoms with van der Waals surface area (Å²) in [7, 11) is 1.40. The number of imide groups is 1. The SMILES string of the molecule is CN1C(=O)N(CC2(F)CN(C(=O)OC(C)(C)C)C2)C2(CC3(CCC(n4c(=O)c(C(=N)N)c(O)n(CC5CCCC5)c4=O)CC3)C2)C1=O. The molecule has 4 N–H and O–H groups in total. The van der Waals surface area contributed by atoms with Gasteiger partial charge in [0.05, 0.1) is 19.6 Å². The van der Waals surface area contributed by atoms with Gasteiger partial charge in [-0.2, -0.15) is 0 Å². The van der Waals surface area contributed by atoms with Crippen molar-refractivity contribution in [1.82, 2.24) is 23.8 Å². The first-order valence-electron chi connectivity index (χ1n) is 16.6. The summed E-state index contributed by atoms with van der Waals surface area (Å²) in [4.78, 5) is 69.9. The molecule has 2 saturated heterocycles. The van der Waals surface area contributed by atoms with E-state index in [4.69, 9.17) is 15.9 Å². The highest BCUT2D eigenvalue weighted by molar-refractivity contribution is 6.07. The summed E-state index contributed by atoms with van der Waals surface area (Å²) in [5.74, 6) is -1.36. The summed E-state index contributed by atoms with van der Waals surface area (Å²) >= 11 is 0. The molecule has 1 aromatic rings. The number of ether oxygens (including phenoxy) is 1. The minimum Gasteiger partial charge on any atom is -0.494 e. The third kappa shape index (κ3) is 5.48. The molecule has 14 nitrogen and oxygen atoms in total. The van der Waals surface area contributed by atoms with Gasteiger partial charge < -0.3 is 25.4 Å². The highest BCUT2D eigenvalue weighted by Gasteiger charge is 2.69. The molecule has 2 spiro atoms. The van der Waals surface area contributed by atoms with E-state index >= 15 is 4.39 Å². The molecule has 3 saturated carbocycles. The van der Waals surface area contributed by atoms with Crippen LogP contribution in [0.1, 0.15) is 96.6 Å². The molecule has 5 fully saturated rings. The standard InChI is InChI=1S/C32H46FN7O7/c1-29(2,3)47-28(46)37-16-31(33,17-37)18-39-26(44)36(4)25(43)32(39)14-30(15-32)11-9-20(10-12-30)40-24(42)21(22(34)35)23(41)38(27(40)45)13-19-7-5-6-8-19/h19-20,41H,5-18H2,1-4H3,(H3,34,35). The fourth-order valence-electron chi connectivity index (χ4n) is 8.76. The van der Waals surface area contributed by atoms with Gasteiger partial charge in [-0.05, 0) is 83.5 Å². The number of hydrogen-bond donors (Lipinski definition) is 3. The number of hydrogen-bond acceptors (Lipinski definition) is 8. The molecule has 15 heteroatoms. The zero-order chi connectivity index (χ0) is 34.3. The quantitative estimate of drug-likeness (QED) is 0.236. The molecule has 1 aromatic heterocycles. The van der Waals surface area contributed by atoms with Crippen molar-refractivity contribution in [3.8, 4) is 5.88 Å². The molecular formula is C32H46FN7O7. The highest BCUT2D eigenvalue weighted by Crippen LogP contribution is 2.62. The molecule has 0 radical (unpaired) electrons. The summed E-state index contributed by atoms with van der Waals surface area (Å²) in [5.41, 5.74) is -0.198. The lowest BCUT2D eigenvalue weighted by molar-refractivity contribution is -0.153. The lowest BCUT2D eigenvalue weighted by Gasteiger charge is -2.59.